The summed E-state index contributed by atoms with van der Waals surface area (Å²) in [7, 11) is 1.70. The molecule has 1 N–H and O–H groups in total. The maximum Gasteiger partial charge on any atom is 0.129 e. The summed E-state index contributed by atoms with van der Waals surface area (Å²) in [6.07, 6.45) is 0. The molecule has 0 radical (unpaired) electrons. The SMILES string of the molecule is COc1csc(CNC(C)(C)C)c1. The number of ether oxygens (including phenoxy) is 1. The third-order valence-corrected chi connectivity index (χ3v) is 2.57. The molecule has 0 aliphatic heterocycles. The van der Waals surface area contributed by atoms with E-state index in [0.29, 0.717) is 0 Å². The second kappa shape index (κ2) is 4.11. The molecule has 1 heterocycles. The summed E-state index contributed by atoms with van der Waals surface area (Å²) >= 11 is 1.73. The van der Waals surface area contributed by atoms with Gasteiger partial charge >= 0.3 is 0 Å². The lowest BCUT2D eigenvalue weighted by Gasteiger charge is -2.19. The highest BCUT2D eigenvalue weighted by molar-refractivity contribution is 7.10. The first-order valence-electron chi connectivity index (χ1n) is 4.38. The third-order valence-electron chi connectivity index (χ3n) is 1.66. The van der Waals surface area contributed by atoms with Crippen LogP contribution < -0.4 is 10.1 Å². The highest BCUT2D eigenvalue weighted by Gasteiger charge is 2.09. The number of nitrogens with one attached hydrogen (secondary N) is 1. The zero-order valence-corrected chi connectivity index (χ0v) is 9.49. The smallest absolute Gasteiger partial charge is 0.129 e. The summed E-state index contributed by atoms with van der Waals surface area (Å²) < 4.78 is 5.11. The van der Waals surface area contributed by atoms with Crippen LogP contribution in [0.2, 0.25) is 0 Å². The standard InChI is InChI=1S/C10H17NOS/c1-10(2,3)11-6-9-5-8(12-4)7-13-9/h5,7,11H,6H2,1-4H3. The Kier molecular flexibility index (Phi) is 3.33. The predicted molar refractivity (Wildman–Crippen MR) is 57.5 cm³/mol. The van der Waals surface area contributed by atoms with E-state index >= 15 is 0 Å². The van der Waals surface area contributed by atoms with Crippen molar-refractivity contribution in [2.45, 2.75) is 32.9 Å². The number of thiophene rings is 1. The molecule has 0 bridgehead atoms. The molecule has 1 aromatic heterocycles. The summed E-state index contributed by atoms with van der Waals surface area (Å²) in [5.74, 6) is 0.954. The van der Waals surface area contributed by atoms with Gasteiger partial charge in [-0.1, -0.05) is 0 Å². The minimum absolute atomic E-state index is 0.178. The van der Waals surface area contributed by atoms with Crippen LogP contribution in [0.5, 0.6) is 5.75 Å². The molecule has 0 spiro atoms. The molecule has 1 aromatic rings. The van der Waals surface area contributed by atoms with E-state index in [1.165, 1.54) is 4.88 Å². The van der Waals surface area contributed by atoms with E-state index in [0.717, 1.165) is 12.3 Å². The van der Waals surface area contributed by atoms with Crippen molar-refractivity contribution in [3.63, 3.8) is 0 Å². The first-order chi connectivity index (χ1) is 6.01. The molecule has 0 fully saturated rings. The fourth-order valence-corrected chi connectivity index (χ4v) is 1.68. The fourth-order valence-electron chi connectivity index (χ4n) is 0.912. The van der Waals surface area contributed by atoms with Gasteiger partial charge in [-0.3, -0.25) is 0 Å². The van der Waals surface area contributed by atoms with Crippen molar-refractivity contribution in [3.05, 3.63) is 16.3 Å². The summed E-state index contributed by atoms with van der Waals surface area (Å²) in [5.41, 5.74) is 0.178. The van der Waals surface area contributed by atoms with Crippen LogP contribution in [0.25, 0.3) is 0 Å². The largest absolute Gasteiger partial charge is 0.496 e. The summed E-state index contributed by atoms with van der Waals surface area (Å²) in [5, 5.41) is 5.46. The molecule has 0 saturated carbocycles. The number of methoxy groups -OCH3 is 1. The van der Waals surface area contributed by atoms with Gasteiger partial charge in [-0.2, -0.15) is 0 Å². The van der Waals surface area contributed by atoms with Crippen LogP contribution in [0.4, 0.5) is 0 Å². The van der Waals surface area contributed by atoms with Crippen LogP contribution in [0.15, 0.2) is 11.4 Å². The second-order valence-electron chi connectivity index (χ2n) is 4.06. The Labute approximate surface area is 83.9 Å². The first kappa shape index (κ1) is 10.5. The lowest BCUT2D eigenvalue weighted by molar-refractivity contribution is 0.413. The summed E-state index contributed by atoms with van der Waals surface area (Å²) in [6.45, 7) is 7.41. The van der Waals surface area contributed by atoms with Gasteiger partial charge in [0.05, 0.1) is 7.11 Å². The monoisotopic (exact) mass is 199 g/mol. The van der Waals surface area contributed by atoms with Crippen molar-refractivity contribution < 1.29 is 4.74 Å². The molecule has 1 rings (SSSR count). The van der Waals surface area contributed by atoms with Gasteiger partial charge in [0.25, 0.3) is 0 Å². The minimum atomic E-state index is 0.178. The molecule has 0 amide bonds. The molecule has 74 valence electrons. The molecule has 0 atom stereocenters. The molecule has 3 heteroatoms. The van der Waals surface area contributed by atoms with Crippen LogP contribution in [-0.4, -0.2) is 12.6 Å². The van der Waals surface area contributed by atoms with Crippen molar-refractivity contribution in [3.8, 4) is 5.75 Å². The summed E-state index contributed by atoms with van der Waals surface area (Å²) in [6, 6.07) is 2.07. The van der Waals surface area contributed by atoms with Crippen LogP contribution >= 0.6 is 11.3 Å². The molecule has 0 aliphatic carbocycles. The van der Waals surface area contributed by atoms with E-state index < -0.39 is 0 Å². The van der Waals surface area contributed by atoms with Gasteiger partial charge in [-0.15, -0.1) is 11.3 Å². The maximum atomic E-state index is 5.11. The van der Waals surface area contributed by atoms with Crippen LogP contribution in [-0.2, 0) is 6.54 Å². The molecule has 13 heavy (non-hydrogen) atoms. The van der Waals surface area contributed by atoms with Gasteiger partial charge < -0.3 is 10.1 Å². The zero-order valence-electron chi connectivity index (χ0n) is 8.68. The van der Waals surface area contributed by atoms with Crippen LogP contribution in [0.1, 0.15) is 25.6 Å². The average molecular weight is 199 g/mol. The zero-order chi connectivity index (χ0) is 9.90. The average Bonchev–Trinajstić information content (AvgIpc) is 2.47. The Bertz CT molecular complexity index is 262. The van der Waals surface area contributed by atoms with E-state index in [-0.39, 0.29) is 5.54 Å². The lowest BCUT2D eigenvalue weighted by Crippen LogP contribution is -2.34. The molecular weight excluding hydrogens is 182 g/mol. The van der Waals surface area contributed by atoms with Gasteiger partial charge in [-0.05, 0) is 26.8 Å². The van der Waals surface area contributed by atoms with Crippen molar-refractivity contribution in [1.82, 2.24) is 5.32 Å². The molecular formula is C10H17NOS. The van der Waals surface area contributed by atoms with Crippen molar-refractivity contribution in [2.75, 3.05) is 7.11 Å². The van der Waals surface area contributed by atoms with Gasteiger partial charge in [0, 0.05) is 22.3 Å². The fraction of sp³-hybridized carbons (Fsp3) is 0.600. The Morgan fingerprint density at radius 3 is 2.62 bits per heavy atom. The Hall–Kier alpha value is -0.540. The second-order valence-corrected chi connectivity index (χ2v) is 5.05. The number of hydrogen-bond acceptors (Lipinski definition) is 3. The maximum absolute atomic E-state index is 5.11. The van der Waals surface area contributed by atoms with E-state index in [1.54, 1.807) is 18.4 Å². The predicted octanol–water partition coefficient (Wildman–Crippen LogP) is 2.64. The molecule has 2 nitrogen and oxygen atoms in total. The van der Waals surface area contributed by atoms with Crippen molar-refractivity contribution in [2.24, 2.45) is 0 Å². The van der Waals surface area contributed by atoms with Gasteiger partial charge in [0.15, 0.2) is 0 Å². The Morgan fingerprint density at radius 2 is 2.15 bits per heavy atom. The molecule has 0 aliphatic rings. The van der Waals surface area contributed by atoms with Crippen molar-refractivity contribution in [1.29, 1.82) is 0 Å². The Morgan fingerprint density at radius 1 is 1.46 bits per heavy atom. The quantitative estimate of drug-likeness (QED) is 0.808. The highest BCUT2D eigenvalue weighted by atomic mass is 32.1. The third kappa shape index (κ3) is 3.79. The molecule has 0 aromatic carbocycles. The normalized spacial score (nSPS) is 11.7. The summed E-state index contributed by atoms with van der Waals surface area (Å²) in [4.78, 5) is 1.31. The first-order valence-corrected chi connectivity index (χ1v) is 5.25. The molecule has 0 saturated heterocycles. The van der Waals surface area contributed by atoms with Crippen LogP contribution in [0, 0.1) is 0 Å². The van der Waals surface area contributed by atoms with Gasteiger partial charge in [0.2, 0.25) is 0 Å². The topological polar surface area (TPSA) is 21.3 Å². The number of hydrogen-bond donors (Lipinski definition) is 1. The minimum Gasteiger partial charge on any atom is -0.496 e. The van der Waals surface area contributed by atoms with E-state index in [1.807, 2.05) is 5.38 Å². The van der Waals surface area contributed by atoms with Crippen molar-refractivity contribution >= 4 is 11.3 Å². The highest BCUT2D eigenvalue weighted by Crippen LogP contribution is 2.21. The molecule has 0 unspecified atom stereocenters. The Balaban J connectivity index is 2.46. The van der Waals surface area contributed by atoms with Gasteiger partial charge in [-0.25, -0.2) is 0 Å². The number of rotatable bonds is 3. The van der Waals surface area contributed by atoms with Crippen LogP contribution in [0.3, 0.4) is 0 Å². The van der Waals surface area contributed by atoms with E-state index in [2.05, 4.69) is 32.2 Å². The lowest BCUT2D eigenvalue weighted by atomic mass is 10.1. The van der Waals surface area contributed by atoms with E-state index in [9.17, 15) is 0 Å². The van der Waals surface area contributed by atoms with E-state index in [4.69, 9.17) is 4.74 Å². The van der Waals surface area contributed by atoms with Gasteiger partial charge in [0.1, 0.15) is 5.75 Å².